The number of carbonyl (C=O) groups is 1. The highest BCUT2D eigenvalue weighted by Gasteiger charge is 2.46. The van der Waals surface area contributed by atoms with Crippen LogP contribution in [0.15, 0.2) is 41.3 Å². The van der Waals surface area contributed by atoms with E-state index in [4.69, 9.17) is 19.2 Å². The van der Waals surface area contributed by atoms with Crippen LogP contribution in [-0.2, 0) is 33.1 Å². The van der Waals surface area contributed by atoms with Crippen LogP contribution in [0.4, 0.5) is 0 Å². The van der Waals surface area contributed by atoms with E-state index in [1.807, 2.05) is 62.7 Å². The summed E-state index contributed by atoms with van der Waals surface area (Å²) in [5.74, 6) is -1.12. The van der Waals surface area contributed by atoms with Crippen LogP contribution in [0, 0.1) is 26.2 Å². The lowest BCUT2D eigenvalue weighted by molar-refractivity contribution is -0.147. The Labute approximate surface area is 311 Å². The number of sulfonamides is 1. The van der Waals surface area contributed by atoms with Gasteiger partial charge >= 0.3 is 5.97 Å². The van der Waals surface area contributed by atoms with Crippen molar-refractivity contribution < 1.29 is 32.5 Å². The van der Waals surface area contributed by atoms with Gasteiger partial charge in [0.25, 0.3) is 0 Å². The Kier molecular flexibility index (Phi) is 10.0. The maximum absolute atomic E-state index is 14.7. The molecule has 1 atom stereocenters. The first-order chi connectivity index (χ1) is 25.2. The molecule has 0 saturated carbocycles. The van der Waals surface area contributed by atoms with Crippen molar-refractivity contribution in [1.82, 2.24) is 29.0 Å². The monoisotopic (exact) mass is 746 g/mol. The van der Waals surface area contributed by atoms with Crippen LogP contribution in [0.1, 0.15) is 79.1 Å². The van der Waals surface area contributed by atoms with Gasteiger partial charge in [-0.2, -0.15) is 14.4 Å². The number of hydrogen-bond acceptors (Lipinski definition) is 10. The third-order valence-corrected chi connectivity index (χ3v) is 13.1. The summed E-state index contributed by atoms with van der Waals surface area (Å²) in [6.45, 7) is 13.4. The van der Waals surface area contributed by atoms with Crippen molar-refractivity contribution in [3.05, 3.63) is 70.0 Å². The predicted molar refractivity (Wildman–Crippen MR) is 199 cm³/mol. The molecular weight excluding hydrogens is 697 g/mol. The summed E-state index contributed by atoms with van der Waals surface area (Å²) >= 11 is 0. The second-order valence-electron chi connectivity index (χ2n) is 15.5. The van der Waals surface area contributed by atoms with Gasteiger partial charge in [-0.3, -0.25) is 9.69 Å². The van der Waals surface area contributed by atoms with Crippen LogP contribution >= 0.6 is 0 Å². The highest BCUT2D eigenvalue weighted by atomic mass is 32.2. The molecule has 3 aromatic heterocycles. The fraction of sp³-hybridized carbons (Fsp3) is 0.538. The Hall–Kier alpha value is -4.11. The Morgan fingerprint density at radius 1 is 1.04 bits per heavy atom. The molecule has 0 aliphatic carbocycles. The molecule has 2 fully saturated rings. The van der Waals surface area contributed by atoms with Crippen LogP contribution in [0.2, 0.25) is 0 Å². The summed E-state index contributed by atoms with van der Waals surface area (Å²) in [7, 11) is -2.24. The summed E-state index contributed by atoms with van der Waals surface area (Å²) < 4.78 is 51.3. The summed E-state index contributed by atoms with van der Waals surface area (Å²) in [5, 5.41) is 20.0. The number of hydrogen-bond donors (Lipinski definition) is 1. The van der Waals surface area contributed by atoms with E-state index >= 15 is 0 Å². The predicted octanol–water partition coefficient (Wildman–Crippen LogP) is 5.14. The number of ether oxygens (including phenoxy) is 3. The molecule has 4 aromatic rings. The smallest absolute Gasteiger partial charge is 0.310 e. The van der Waals surface area contributed by atoms with Crippen molar-refractivity contribution in [2.45, 2.75) is 83.3 Å². The molecule has 0 amide bonds. The third-order valence-electron chi connectivity index (χ3n) is 11.3. The first-order valence-electron chi connectivity index (χ1n) is 18.4. The molecule has 284 valence electrons. The van der Waals surface area contributed by atoms with Crippen LogP contribution in [0.3, 0.4) is 0 Å². The minimum atomic E-state index is -4.11. The number of aryl methyl sites for hydroxylation is 4. The maximum Gasteiger partial charge on any atom is 0.310 e. The van der Waals surface area contributed by atoms with Crippen molar-refractivity contribution in [3.8, 4) is 11.8 Å². The quantitative estimate of drug-likeness (QED) is 0.230. The van der Waals surface area contributed by atoms with Crippen molar-refractivity contribution in [2.75, 3.05) is 46.0 Å². The molecule has 1 spiro atoms. The van der Waals surface area contributed by atoms with E-state index < -0.39 is 32.9 Å². The lowest BCUT2D eigenvalue weighted by Crippen LogP contribution is -2.50. The van der Waals surface area contributed by atoms with Gasteiger partial charge in [-0.25, -0.2) is 8.42 Å². The number of fused-ring (bicyclic) bond motifs is 2. The fourth-order valence-electron chi connectivity index (χ4n) is 8.00. The van der Waals surface area contributed by atoms with E-state index in [1.54, 1.807) is 19.9 Å². The largest absolute Gasteiger partial charge is 0.481 e. The molecule has 0 radical (unpaired) electrons. The van der Waals surface area contributed by atoms with Gasteiger partial charge in [-0.05, 0) is 95.4 Å². The molecule has 6 heterocycles. The van der Waals surface area contributed by atoms with E-state index in [1.165, 1.54) is 17.1 Å². The van der Waals surface area contributed by atoms with Gasteiger partial charge in [0.2, 0.25) is 21.8 Å². The first-order valence-corrected chi connectivity index (χ1v) is 19.9. The Morgan fingerprint density at radius 3 is 2.49 bits per heavy atom. The number of carboxylic acid groups (broad SMARTS) is 1. The number of aliphatic carboxylic acids is 1. The van der Waals surface area contributed by atoms with Crippen LogP contribution in [0.5, 0.6) is 11.8 Å². The Morgan fingerprint density at radius 2 is 1.77 bits per heavy atom. The standard InChI is InChI=1S/C39H50N6O7S/c1-25-9-10-28(33(38(4,5)37(46)47)31-22-29-20-27(3)41-42-34(29)43(31)6)21-30(25)23-45-24-39(11-16-50-17-12-39)52-36-32(53(45,48)49)19-26(2)35(40-36)51-18-15-44-13-7-8-14-44/h9-10,19-22,33H,7-8,11-18,23-24H2,1-6H3,(H,46,47)/t33-/m0/s1. The minimum absolute atomic E-state index is 0.0101. The summed E-state index contributed by atoms with van der Waals surface area (Å²) in [4.78, 5) is 19.9. The number of nitrogens with zero attached hydrogens (tertiary/aromatic N) is 6. The zero-order valence-electron chi connectivity index (χ0n) is 31.5. The molecule has 2 saturated heterocycles. The Balaban J connectivity index is 1.27. The maximum atomic E-state index is 14.7. The summed E-state index contributed by atoms with van der Waals surface area (Å²) in [5.41, 5.74) is 3.13. The third kappa shape index (κ3) is 7.13. The lowest BCUT2D eigenvalue weighted by Gasteiger charge is -2.38. The molecule has 1 aromatic carbocycles. The highest BCUT2D eigenvalue weighted by molar-refractivity contribution is 7.89. The summed E-state index contributed by atoms with van der Waals surface area (Å²) in [6.07, 6.45) is 3.37. The normalized spacial score (nSPS) is 19.5. The van der Waals surface area contributed by atoms with E-state index in [9.17, 15) is 18.3 Å². The van der Waals surface area contributed by atoms with Crippen molar-refractivity contribution in [3.63, 3.8) is 0 Å². The molecule has 0 bridgehead atoms. The molecule has 1 N–H and O–H groups in total. The molecule has 3 aliphatic rings. The number of aromatic nitrogens is 4. The number of benzene rings is 1. The molecule has 0 unspecified atom stereocenters. The molecule has 53 heavy (non-hydrogen) atoms. The van der Waals surface area contributed by atoms with E-state index in [2.05, 4.69) is 15.1 Å². The van der Waals surface area contributed by atoms with Crippen LogP contribution in [0.25, 0.3) is 11.0 Å². The first kappa shape index (κ1) is 37.2. The van der Waals surface area contributed by atoms with Crippen LogP contribution in [-0.4, -0.2) is 100 Å². The van der Waals surface area contributed by atoms with Gasteiger partial charge in [0.15, 0.2) is 5.65 Å². The van der Waals surface area contributed by atoms with Crippen molar-refractivity contribution >= 4 is 27.0 Å². The SMILES string of the molecule is Cc1cc2cc([C@H](c3ccc(C)c(CN4CC5(CCOCC5)Oc5nc(OCCN6CCCC6)c(C)cc5S4(=O)=O)c3)C(C)(C)C(=O)O)n(C)c2nn1. The number of likely N-dealkylation sites (tertiary alicyclic amines) is 1. The van der Waals surface area contributed by atoms with Crippen LogP contribution < -0.4 is 9.47 Å². The lowest BCUT2D eigenvalue weighted by atomic mass is 9.72. The molecular formula is C39H50N6O7S. The van der Waals surface area contributed by atoms with Gasteiger partial charge in [0.1, 0.15) is 17.1 Å². The Bertz CT molecular complexity index is 2140. The number of carboxylic acids is 1. The van der Waals surface area contributed by atoms with Gasteiger partial charge in [0, 0.05) is 55.5 Å². The average Bonchev–Trinajstić information content (AvgIpc) is 3.72. The van der Waals surface area contributed by atoms with E-state index in [0.717, 1.165) is 53.1 Å². The zero-order valence-corrected chi connectivity index (χ0v) is 32.3. The van der Waals surface area contributed by atoms with Crippen molar-refractivity contribution in [2.24, 2.45) is 12.5 Å². The van der Waals surface area contributed by atoms with Gasteiger partial charge in [-0.1, -0.05) is 18.2 Å². The van der Waals surface area contributed by atoms with Crippen molar-refractivity contribution in [1.29, 1.82) is 0 Å². The fourth-order valence-corrected chi connectivity index (χ4v) is 9.63. The highest BCUT2D eigenvalue weighted by Crippen LogP contribution is 2.44. The molecule has 7 rings (SSSR count). The van der Waals surface area contributed by atoms with Gasteiger partial charge < -0.3 is 23.9 Å². The summed E-state index contributed by atoms with van der Waals surface area (Å²) in [6, 6.07) is 11.4. The molecule has 14 heteroatoms. The minimum Gasteiger partial charge on any atom is -0.481 e. The van der Waals surface area contributed by atoms with E-state index in [0.29, 0.717) is 49.8 Å². The molecule has 3 aliphatic heterocycles. The number of rotatable bonds is 10. The van der Waals surface area contributed by atoms with Gasteiger partial charge in [-0.15, -0.1) is 5.10 Å². The average molecular weight is 747 g/mol. The van der Waals surface area contributed by atoms with Gasteiger partial charge in [0.05, 0.1) is 30.9 Å². The van der Waals surface area contributed by atoms with E-state index in [-0.39, 0.29) is 23.9 Å². The molecule has 13 nitrogen and oxygen atoms in total. The topological polar surface area (TPSA) is 149 Å². The second-order valence-corrected chi connectivity index (χ2v) is 17.4. The number of pyridine rings is 1. The second kappa shape index (κ2) is 14.3. The zero-order chi connectivity index (χ0) is 37.7.